The van der Waals surface area contributed by atoms with Gasteiger partial charge < -0.3 is 15.1 Å². The van der Waals surface area contributed by atoms with Crippen molar-refractivity contribution in [3.05, 3.63) is 63.7 Å². The molecule has 2 amide bonds. The highest BCUT2D eigenvalue weighted by Gasteiger charge is 2.21. The van der Waals surface area contributed by atoms with Gasteiger partial charge in [-0.1, -0.05) is 13.0 Å². The van der Waals surface area contributed by atoms with E-state index in [-0.39, 0.29) is 23.1 Å². The maximum atomic E-state index is 12.6. The van der Waals surface area contributed by atoms with Crippen molar-refractivity contribution >= 4 is 28.9 Å². The highest BCUT2D eigenvalue weighted by molar-refractivity contribution is 6.05. The number of nitrogens with zero attached hydrogens (tertiary/aromatic N) is 3. The van der Waals surface area contributed by atoms with E-state index in [4.69, 9.17) is 0 Å². The van der Waals surface area contributed by atoms with Gasteiger partial charge >= 0.3 is 0 Å². The summed E-state index contributed by atoms with van der Waals surface area (Å²) in [7, 11) is 0. The normalized spacial score (nSPS) is 13.8. The van der Waals surface area contributed by atoms with E-state index >= 15 is 0 Å². The third kappa shape index (κ3) is 4.76. The second kappa shape index (κ2) is 9.39. The maximum absolute atomic E-state index is 12.6. The molecule has 1 aliphatic rings. The smallest absolute Gasteiger partial charge is 0.273 e. The molecule has 0 unspecified atom stereocenters. The number of hydrogen-bond donors (Lipinski definition) is 1. The molecule has 8 heteroatoms. The first-order valence-corrected chi connectivity index (χ1v) is 10.1. The Morgan fingerprint density at radius 2 is 1.73 bits per heavy atom. The van der Waals surface area contributed by atoms with E-state index in [0.717, 1.165) is 25.2 Å². The summed E-state index contributed by atoms with van der Waals surface area (Å²) in [4.78, 5) is 39.3. The van der Waals surface area contributed by atoms with Gasteiger partial charge in [0.1, 0.15) is 0 Å². The van der Waals surface area contributed by atoms with Gasteiger partial charge in [0, 0.05) is 61.2 Å². The molecule has 3 rings (SSSR count). The van der Waals surface area contributed by atoms with Crippen molar-refractivity contribution in [2.45, 2.75) is 26.7 Å². The minimum Gasteiger partial charge on any atom is -0.368 e. The molecule has 1 fully saturated rings. The van der Waals surface area contributed by atoms with E-state index in [2.05, 4.69) is 10.2 Å². The molecule has 8 nitrogen and oxygen atoms in total. The SMILES string of the molecule is CCCC(=O)N1CCN(c2ccc(NC(=O)c3cccc([N+](=O)[O-])c3C)cc2)CC1. The minimum absolute atomic E-state index is 0.0745. The summed E-state index contributed by atoms with van der Waals surface area (Å²) in [5.74, 6) is -0.168. The summed E-state index contributed by atoms with van der Waals surface area (Å²) in [5, 5.41) is 13.9. The molecule has 158 valence electrons. The quantitative estimate of drug-likeness (QED) is 0.580. The first kappa shape index (κ1) is 21.3. The Balaban J connectivity index is 1.62. The summed E-state index contributed by atoms with van der Waals surface area (Å²) >= 11 is 0. The molecule has 0 spiro atoms. The lowest BCUT2D eigenvalue weighted by molar-refractivity contribution is -0.385. The number of benzene rings is 2. The first-order chi connectivity index (χ1) is 14.4. The molecular weight excluding hydrogens is 384 g/mol. The molecule has 0 radical (unpaired) electrons. The lowest BCUT2D eigenvalue weighted by atomic mass is 10.1. The molecule has 1 heterocycles. The number of amides is 2. The summed E-state index contributed by atoms with van der Waals surface area (Å²) in [6.45, 7) is 6.55. The molecule has 0 atom stereocenters. The molecule has 0 aromatic heterocycles. The van der Waals surface area contributed by atoms with Crippen LogP contribution in [0.3, 0.4) is 0 Å². The van der Waals surface area contributed by atoms with Crippen molar-refractivity contribution in [3.8, 4) is 0 Å². The molecule has 30 heavy (non-hydrogen) atoms. The maximum Gasteiger partial charge on any atom is 0.273 e. The lowest BCUT2D eigenvalue weighted by Crippen LogP contribution is -2.48. The molecule has 1 aliphatic heterocycles. The van der Waals surface area contributed by atoms with E-state index in [1.54, 1.807) is 13.0 Å². The number of nitro groups is 1. The van der Waals surface area contributed by atoms with Crippen molar-refractivity contribution in [2.75, 3.05) is 36.4 Å². The Hall–Kier alpha value is -3.42. The number of rotatable bonds is 6. The molecular formula is C22H26N4O4. The molecule has 2 aromatic rings. The van der Waals surface area contributed by atoms with Crippen LogP contribution < -0.4 is 10.2 Å². The van der Waals surface area contributed by atoms with E-state index in [9.17, 15) is 19.7 Å². The molecule has 2 aromatic carbocycles. The van der Waals surface area contributed by atoms with Gasteiger partial charge in [-0.3, -0.25) is 19.7 Å². The van der Waals surface area contributed by atoms with Crippen LogP contribution in [-0.4, -0.2) is 47.8 Å². The largest absolute Gasteiger partial charge is 0.368 e. The Kier molecular flexibility index (Phi) is 6.66. The average molecular weight is 410 g/mol. The second-order valence-corrected chi connectivity index (χ2v) is 7.33. The van der Waals surface area contributed by atoms with Gasteiger partial charge in [-0.15, -0.1) is 0 Å². The monoisotopic (exact) mass is 410 g/mol. The third-order valence-corrected chi connectivity index (χ3v) is 5.33. The van der Waals surface area contributed by atoms with Crippen LogP contribution in [0, 0.1) is 17.0 Å². The van der Waals surface area contributed by atoms with Crippen molar-refractivity contribution < 1.29 is 14.5 Å². The van der Waals surface area contributed by atoms with Crippen LogP contribution in [-0.2, 0) is 4.79 Å². The number of carbonyl (C=O) groups excluding carboxylic acids is 2. The Bertz CT molecular complexity index is 935. The van der Waals surface area contributed by atoms with E-state index in [0.29, 0.717) is 30.8 Å². The fourth-order valence-electron chi connectivity index (χ4n) is 3.61. The number of nitro benzene ring substituents is 1. The van der Waals surface area contributed by atoms with Crippen LogP contribution in [0.2, 0.25) is 0 Å². The standard InChI is InChI=1S/C22H26N4O4/c1-3-5-21(27)25-14-12-24(13-15-25)18-10-8-17(9-11-18)23-22(28)19-6-4-7-20(16(19)2)26(29)30/h4,6-11H,3,5,12-15H2,1-2H3,(H,23,28). The van der Waals surface area contributed by atoms with Crippen molar-refractivity contribution in [1.29, 1.82) is 0 Å². The highest BCUT2D eigenvalue weighted by atomic mass is 16.6. The van der Waals surface area contributed by atoms with Crippen molar-refractivity contribution in [1.82, 2.24) is 4.90 Å². The number of anilines is 2. The summed E-state index contributed by atoms with van der Waals surface area (Å²) in [6, 6.07) is 12.0. The zero-order chi connectivity index (χ0) is 21.7. The van der Waals surface area contributed by atoms with Crippen LogP contribution in [0.5, 0.6) is 0 Å². The molecule has 0 aliphatic carbocycles. The van der Waals surface area contributed by atoms with Gasteiger partial charge in [-0.25, -0.2) is 0 Å². The Morgan fingerprint density at radius 3 is 2.33 bits per heavy atom. The zero-order valence-electron chi connectivity index (χ0n) is 17.3. The fraction of sp³-hybridized carbons (Fsp3) is 0.364. The minimum atomic E-state index is -0.490. The first-order valence-electron chi connectivity index (χ1n) is 10.1. The second-order valence-electron chi connectivity index (χ2n) is 7.33. The molecule has 0 saturated carbocycles. The fourth-order valence-corrected chi connectivity index (χ4v) is 3.61. The van der Waals surface area contributed by atoms with Gasteiger partial charge in [0.25, 0.3) is 11.6 Å². The topological polar surface area (TPSA) is 95.8 Å². The van der Waals surface area contributed by atoms with Gasteiger partial charge in [-0.2, -0.15) is 0 Å². The molecule has 0 bridgehead atoms. The zero-order valence-corrected chi connectivity index (χ0v) is 17.3. The number of nitrogens with one attached hydrogen (secondary N) is 1. The average Bonchev–Trinajstić information content (AvgIpc) is 2.74. The van der Waals surface area contributed by atoms with Crippen molar-refractivity contribution in [2.24, 2.45) is 0 Å². The van der Waals surface area contributed by atoms with Gasteiger partial charge in [0.2, 0.25) is 5.91 Å². The number of hydrogen-bond acceptors (Lipinski definition) is 5. The van der Waals surface area contributed by atoms with Gasteiger partial charge in [0.15, 0.2) is 0 Å². The predicted octanol–water partition coefficient (Wildman–Crippen LogP) is 3.60. The van der Waals surface area contributed by atoms with E-state index < -0.39 is 4.92 Å². The highest BCUT2D eigenvalue weighted by Crippen LogP contribution is 2.23. The Morgan fingerprint density at radius 1 is 1.07 bits per heavy atom. The van der Waals surface area contributed by atoms with E-state index in [1.165, 1.54) is 12.1 Å². The van der Waals surface area contributed by atoms with Crippen LogP contribution >= 0.6 is 0 Å². The number of piperazine rings is 1. The predicted molar refractivity (Wildman–Crippen MR) is 116 cm³/mol. The van der Waals surface area contributed by atoms with Crippen LogP contribution in [0.1, 0.15) is 35.7 Å². The number of carbonyl (C=O) groups is 2. The van der Waals surface area contributed by atoms with Gasteiger partial charge in [0.05, 0.1) is 4.92 Å². The third-order valence-electron chi connectivity index (χ3n) is 5.33. The van der Waals surface area contributed by atoms with Crippen LogP contribution in [0.15, 0.2) is 42.5 Å². The van der Waals surface area contributed by atoms with Crippen molar-refractivity contribution in [3.63, 3.8) is 0 Å². The van der Waals surface area contributed by atoms with E-state index in [1.807, 2.05) is 36.1 Å². The van der Waals surface area contributed by atoms with Gasteiger partial charge in [-0.05, 0) is 43.7 Å². The summed E-state index contributed by atoms with van der Waals surface area (Å²) in [6.07, 6.45) is 1.46. The summed E-state index contributed by atoms with van der Waals surface area (Å²) in [5.41, 5.74) is 2.19. The lowest BCUT2D eigenvalue weighted by Gasteiger charge is -2.36. The van der Waals surface area contributed by atoms with Crippen LogP contribution in [0.25, 0.3) is 0 Å². The Labute approximate surface area is 175 Å². The molecule has 1 saturated heterocycles. The molecule has 1 N–H and O–H groups in total. The summed E-state index contributed by atoms with van der Waals surface area (Å²) < 4.78 is 0. The van der Waals surface area contributed by atoms with Crippen LogP contribution in [0.4, 0.5) is 17.1 Å².